The average Bonchev–Trinajstić information content (AvgIpc) is 2.57. The second-order valence-electron chi connectivity index (χ2n) is 4.88. The molecule has 0 unspecified atom stereocenters. The Labute approximate surface area is 148 Å². The van der Waals surface area contributed by atoms with Crippen LogP contribution in [0, 0.1) is 5.82 Å². The van der Waals surface area contributed by atoms with E-state index in [-0.39, 0.29) is 5.69 Å². The van der Waals surface area contributed by atoms with E-state index in [0.717, 1.165) is 0 Å². The molecule has 0 saturated heterocycles. The van der Waals surface area contributed by atoms with E-state index in [1.54, 1.807) is 24.3 Å². The monoisotopic (exact) mass is 363 g/mol. The minimum absolute atomic E-state index is 0.00691. The van der Waals surface area contributed by atoms with E-state index in [1.807, 2.05) is 0 Å². The van der Waals surface area contributed by atoms with Gasteiger partial charge >= 0.3 is 0 Å². The summed E-state index contributed by atoms with van der Waals surface area (Å²) in [6.45, 7) is 0. The fraction of sp³-hybridized carbons (Fsp3) is 0.118. The number of hydrogen-bond acceptors (Lipinski definition) is 4. The second kappa shape index (κ2) is 8.79. The van der Waals surface area contributed by atoms with Crippen LogP contribution in [0.15, 0.2) is 47.6 Å². The van der Waals surface area contributed by atoms with Gasteiger partial charge in [0.2, 0.25) is 11.8 Å². The zero-order valence-electron chi connectivity index (χ0n) is 13.3. The van der Waals surface area contributed by atoms with Crippen LogP contribution >= 0.6 is 11.6 Å². The molecule has 0 fully saturated rings. The van der Waals surface area contributed by atoms with E-state index in [1.165, 1.54) is 31.5 Å². The number of carbonyl (C=O) groups is 2. The molecule has 2 N–H and O–H groups in total. The number of para-hydroxylation sites is 1. The molecule has 130 valence electrons. The second-order valence-corrected chi connectivity index (χ2v) is 5.32. The number of nitrogens with one attached hydrogen (secondary N) is 2. The molecule has 2 amide bonds. The lowest BCUT2D eigenvalue weighted by molar-refractivity contribution is -0.126. The summed E-state index contributed by atoms with van der Waals surface area (Å²) in [6, 6.07) is 10.6. The quantitative estimate of drug-likeness (QED) is 0.470. The van der Waals surface area contributed by atoms with Crippen LogP contribution < -0.4 is 15.5 Å². The van der Waals surface area contributed by atoms with Crippen molar-refractivity contribution in [2.24, 2.45) is 5.10 Å². The fourth-order valence-electron chi connectivity index (χ4n) is 1.92. The van der Waals surface area contributed by atoms with Crippen LogP contribution in [0.3, 0.4) is 0 Å². The molecule has 0 spiro atoms. The number of carbonyl (C=O) groups excluding carboxylic acids is 2. The predicted molar refractivity (Wildman–Crippen MR) is 93.4 cm³/mol. The van der Waals surface area contributed by atoms with Gasteiger partial charge in [0.25, 0.3) is 0 Å². The van der Waals surface area contributed by atoms with E-state index >= 15 is 0 Å². The number of ether oxygens (including phenoxy) is 1. The highest BCUT2D eigenvalue weighted by atomic mass is 35.5. The van der Waals surface area contributed by atoms with E-state index in [2.05, 4.69) is 15.8 Å². The van der Waals surface area contributed by atoms with Crippen molar-refractivity contribution in [3.05, 3.63) is 58.9 Å². The van der Waals surface area contributed by atoms with Gasteiger partial charge in [0.1, 0.15) is 18.0 Å². The van der Waals surface area contributed by atoms with Gasteiger partial charge in [0.15, 0.2) is 0 Å². The van der Waals surface area contributed by atoms with Crippen LogP contribution in [-0.4, -0.2) is 25.1 Å². The Bertz CT molecular complexity index is 811. The summed E-state index contributed by atoms with van der Waals surface area (Å²) in [5.41, 5.74) is 2.78. The molecular formula is C17H15ClFN3O3. The number of methoxy groups -OCH3 is 1. The molecule has 0 aromatic heterocycles. The molecule has 0 aliphatic rings. The van der Waals surface area contributed by atoms with Crippen LogP contribution in [-0.2, 0) is 9.59 Å². The Kier molecular flexibility index (Phi) is 6.47. The van der Waals surface area contributed by atoms with Gasteiger partial charge in [0, 0.05) is 10.6 Å². The summed E-state index contributed by atoms with van der Waals surface area (Å²) >= 11 is 5.89. The summed E-state index contributed by atoms with van der Waals surface area (Å²) in [6.07, 6.45) is 0.843. The number of rotatable bonds is 6. The first kappa shape index (κ1) is 18.4. The fourth-order valence-corrected chi connectivity index (χ4v) is 2.10. The molecule has 0 aliphatic carbocycles. The number of anilines is 1. The molecule has 0 atom stereocenters. The minimum Gasteiger partial charge on any atom is -0.496 e. The Morgan fingerprint density at radius 2 is 2.00 bits per heavy atom. The Morgan fingerprint density at radius 3 is 2.72 bits per heavy atom. The third-order valence-electron chi connectivity index (χ3n) is 3.05. The number of hydrazone groups is 1. The van der Waals surface area contributed by atoms with Crippen molar-refractivity contribution in [3.63, 3.8) is 0 Å². The maximum absolute atomic E-state index is 13.4. The molecular weight excluding hydrogens is 349 g/mol. The van der Waals surface area contributed by atoms with Gasteiger partial charge in [-0.05, 0) is 30.3 Å². The zero-order valence-corrected chi connectivity index (χ0v) is 14.0. The lowest BCUT2D eigenvalue weighted by atomic mass is 10.2. The number of nitrogens with zero attached hydrogens (tertiary/aromatic N) is 1. The van der Waals surface area contributed by atoms with Crippen molar-refractivity contribution in [2.45, 2.75) is 6.42 Å². The smallest absolute Gasteiger partial charge is 0.249 e. The summed E-state index contributed by atoms with van der Waals surface area (Å²) in [5, 5.41) is 6.55. The van der Waals surface area contributed by atoms with Gasteiger partial charge in [-0.25, -0.2) is 9.82 Å². The van der Waals surface area contributed by atoms with Crippen molar-refractivity contribution in [2.75, 3.05) is 12.4 Å². The third-order valence-corrected chi connectivity index (χ3v) is 3.29. The van der Waals surface area contributed by atoms with Crippen LogP contribution in [0.1, 0.15) is 12.0 Å². The maximum Gasteiger partial charge on any atom is 0.249 e. The van der Waals surface area contributed by atoms with Crippen LogP contribution in [0.4, 0.5) is 10.1 Å². The topological polar surface area (TPSA) is 79.8 Å². The van der Waals surface area contributed by atoms with Gasteiger partial charge in [-0.3, -0.25) is 9.59 Å². The summed E-state index contributed by atoms with van der Waals surface area (Å²) < 4.78 is 18.6. The first-order valence-electron chi connectivity index (χ1n) is 7.19. The minimum atomic E-state index is -0.655. The van der Waals surface area contributed by atoms with Gasteiger partial charge in [-0.2, -0.15) is 5.10 Å². The average molecular weight is 364 g/mol. The molecule has 2 rings (SSSR count). The normalized spacial score (nSPS) is 10.5. The predicted octanol–water partition coefficient (Wildman–Crippen LogP) is 2.97. The highest BCUT2D eigenvalue weighted by molar-refractivity contribution is 6.30. The van der Waals surface area contributed by atoms with Crippen molar-refractivity contribution in [1.82, 2.24) is 5.43 Å². The van der Waals surface area contributed by atoms with Gasteiger partial charge in [0.05, 0.1) is 19.0 Å². The van der Waals surface area contributed by atoms with E-state index in [4.69, 9.17) is 16.3 Å². The number of hydrogen-bond donors (Lipinski definition) is 2. The maximum atomic E-state index is 13.4. The number of benzene rings is 2. The van der Waals surface area contributed by atoms with Crippen LogP contribution in [0.25, 0.3) is 0 Å². The lowest BCUT2D eigenvalue weighted by Gasteiger charge is -2.06. The first-order valence-corrected chi connectivity index (χ1v) is 7.57. The molecule has 0 bridgehead atoms. The first-order chi connectivity index (χ1) is 12.0. The van der Waals surface area contributed by atoms with Crippen molar-refractivity contribution < 1.29 is 18.7 Å². The molecule has 25 heavy (non-hydrogen) atoms. The van der Waals surface area contributed by atoms with Crippen LogP contribution in [0.2, 0.25) is 5.02 Å². The molecule has 2 aromatic carbocycles. The molecule has 0 heterocycles. The molecule has 6 nitrogen and oxygen atoms in total. The van der Waals surface area contributed by atoms with E-state index < -0.39 is 24.1 Å². The van der Waals surface area contributed by atoms with Crippen molar-refractivity contribution >= 4 is 35.3 Å². The van der Waals surface area contributed by atoms with Crippen molar-refractivity contribution in [3.8, 4) is 5.75 Å². The Balaban J connectivity index is 1.89. The standard InChI is InChI=1S/C17H15ClFN3O3/c1-25-15-7-6-12(18)8-11(15)10-20-22-17(24)9-16(23)21-14-5-3-2-4-13(14)19/h2-8,10H,9H2,1H3,(H,21,23)(H,22,24). The number of halogens is 2. The van der Waals surface area contributed by atoms with Gasteiger partial charge in [-0.15, -0.1) is 0 Å². The molecule has 0 saturated carbocycles. The molecule has 8 heteroatoms. The zero-order chi connectivity index (χ0) is 18.2. The largest absolute Gasteiger partial charge is 0.496 e. The molecule has 2 aromatic rings. The van der Waals surface area contributed by atoms with Gasteiger partial charge in [-0.1, -0.05) is 23.7 Å². The third kappa shape index (κ3) is 5.58. The summed E-state index contributed by atoms with van der Waals surface area (Å²) in [5.74, 6) is -1.36. The van der Waals surface area contributed by atoms with Gasteiger partial charge < -0.3 is 10.1 Å². The summed E-state index contributed by atoms with van der Waals surface area (Å²) in [4.78, 5) is 23.4. The van der Waals surface area contributed by atoms with E-state index in [0.29, 0.717) is 16.3 Å². The SMILES string of the molecule is COc1ccc(Cl)cc1C=NNC(=O)CC(=O)Nc1ccccc1F. The Morgan fingerprint density at radius 1 is 1.24 bits per heavy atom. The highest BCUT2D eigenvalue weighted by Crippen LogP contribution is 2.20. The molecule has 0 aliphatic heterocycles. The van der Waals surface area contributed by atoms with Crippen LogP contribution in [0.5, 0.6) is 5.75 Å². The van der Waals surface area contributed by atoms with E-state index in [9.17, 15) is 14.0 Å². The Hall–Kier alpha value is -2.93. The summed E-state index contributed by atoms with van der Waals surface area (Å²) in [7, 11) is 1.49. The number of amides is 2. The lowest BCUT2D eigenvalue weighted by Crippen LogP contribution is -2.25. The highest BCUT2D eigenvalue weighted by Gasteiger charge is 2.11. The molecule has 0 radical (unpaired) electrons. The van der Waals surface area contributed by atoms with Crippen molar-refractivity contribution in [1.29, 1.82) is 0 Å².